The van der Waals surface area contributed by atoms with Crippen molar-refractivity contribution in [1.82, 2.24) is 5.32 Å². The van der Waals surface area contributed by atoms with E-state index in [1.807, 2.05) is 0 Å². The molecule has 1 amide bonds. The number of fused-ring (bicyclic) bond motifs is 3. The predicted octanol–water partition coefficient (Wildman–Crippen LogP) is -0.949. The molecular weight excluding hydrogens is 560 g/mol. The van der Waals surface area contributed by atoms with E-state index in [1.165, 1.54) is 0 Å². The van der Waals surface area contributed by atoms with Crippen LogP contribution in [0.5, 0.6) is 0 Å². The lowest BCUT2D eigenvalue weighted by Crippen LogP contribution is -2.28. The summed E-state index contributed by atoms with van der Waals surface area (Å²) in [5, 5.41) is 9.80. The minimum Gasteiger partial charge on any atom is -0.382 e. The lowest BCUT2D eigenvalue weighted by Gasteiger charge is -2.25. The van der Waals surface area contributed by atoms with Crippen molar-refractivity contribution in [3.8, 4) is 0 Å². The molecule has 42 heavy (non-hydrogen) atoms. The highest BCUT2D eigenvalue weighted by atomic mass is 32.1. The molecule has 0 fully saturated rings. The number of rotatable bonds is 12. The van der Waals surface area contributed by atoms with Gasteiger partial charge in [0.15, 0.2) is 29.4 Å². The summed E-state index contributed by atoms with van der Waals surface area (Å²) in [6, 6.07) is 8.29. The van der Waals surface area contributed by atoms with Crippen LogP contribution in [0.1, 0.15) is 41.5 Å². The molecule has 220 valence electrons. The summed E-state index contributed by atoms with van der Waals surface area (Å²) < 4.78 is 0.581. The molecule has 0 bridgehead atoms. The van der Waals surface area contributed by atoms with Crippen LogP contribution in [0, 0.1) is 0 Å². The number of aliphatic imine (C=N–C) groups is 3. The third-order valence-corrected chi connectivity index (χ3v) is 7.33. The van der Waals surface area contributed by atoms with Crippen molar-refractivity contribution in [3.05, 3.63) is 57.5 Å². The minimum atomic E-state index is -0.376. The fraction of sp³-hybridized carbons (Fsp3) is 0.231. The van der Waals surface area contributed by atoms with Gasteiger partial charge in [0.05, 0.1) is 51.7 Å². The first-order valence-electron chi connectivity index (χ1n) is 12.8. The lowest BCUT2D eigenvalue weighted by molar-refractivity contribution is 0.0958. The minimum absolute atomic E-state index is 0.0831. The van der Waals surface area contributed by atoms with Gasteiger partial charge in [0, 0.05) is 36.1 Å². The third-order valence-electron chi connectivity index (χ3n) is 6.18. The summed E-state index contributed by atoms with van der Waals surface area (Å²) in [4.78, 5) is 53.2. The smallest absolute Gasteiger partial charge is 0.261 e. The van der Waals surface area contributed by atoms with E-state index < -0.39 is 0 Å². The van der Waals surface area contributed by atoms with Crippen LogP contribution in [-0.2, 0) is 0 Å². The SMILES string of the molecule is NC(N)=NCCNC(=O)c1cc2c(NCCN=C(N)N)c3c(c(NCCN=C(N)N)c2s1)C(=O)c1ccccc1C3=O. The van der Waals surface area contributed by atoms with Gasteiger partial charge in [0.25, 0.3) is 5.91 Å². The second-order valence-electron chi connectivity index (χ2n) is 9.09. The number of nitrogens with one attached hydrogen (secondary N) is 3. The number of benzene rings is 2. The van der Waals surface area contributed by atoms with Crippen LogP contribution in [0.15, 0.2) is 45.3 Å². The first kappa shape index (κ1) is 29.6. The summed E-state index contributed by atoms with van der Waals surface area (Å²) in [6.07, 6.45) is 0. The number of carbonyl (C=O) groups is 3. The first-order valence-corrected chi connectivity index (χ1v) is 13.7. The standard InChI is InChI=1S/C26H32N12O3S/c27-24(28)36-8-5-33-18-14-11-15(23(41)35-7-10-38-26(31)32)42-22(14)19(34-6-9-37-25(29)30)17-16(18)20(39)12-3-1-2-4-13(12)21(17)40/h1-4,11,33-34H,5-10H2,(H,35,41)(H4,27,28,36)(H4,29,30,37)(H4,31,32,38). The van der Waals surface area contributed by atoms with Gasteiger partial charge in [-0.3, -0.25) is 29.4 Å². The Labute approximate surface area is 244 Å². The molecule has 1 aliphatic rings. The van der Waals surface area contributed by atoms with Crippen LogP contribution >= 0.6 is 11.3 Å². The summed E-state index contributed by atoms with van der Waals surface area (Å²) >= 11 is 1.16. The van der Waals surface area contributed by atoms with Gasteiger partial charge in [-0.25, -0.2) is 0 Å². The summed E-state index contributed by atoms with van der Waals surface area (Å²) in [5.41, 5.74) is 34.3. The van der Waals surface area contributed by atoms with E-state index in [9.17, 15) is 14.4 Å². The number of thiophene rings is 1. The Kier molecular flexibility index (Phi) is 9.06. The molecule has 15 nitrogen and oxygen atoms in total. The van der Waals surface area contributed by atoms with Gasteiger partial charge in [-0.1, -0.05) is 24.3 Å². The van der Waals surface area contributed by atoms with Crippen molar-refractivity contribution in [1.29, 1.82) is 0 Å². The number of hydrogen-bond acceptors (Lipinski definition) is 9. The molecular formula is C26H32N12O3S. The van der Waals surface area contributed by atoms with E-state index in [1.54, 1.807) is 30.3 Å². The fourth-order valence-electron chi connectivity index (χ4n) is 4.50. The number of nitrogens with two attached hydrogens (primary N) is 6. The van der Waals surface area contributed by atoms with E-state index in [0.717, 1.165) is 11.3 Å². The first-order chi connectivity index (χ1) is 20.1. The molecule has 0 atom stereocenters. The zero-order valence-electron chi connectivity index (χ0n) is 22.6. The molecule has 3 aromatic rings. The van der Waals surface area contributed by atoms with Crippen molar-refractivity contribution in [2.75, 3.05) is 49.9 Å². The molecule has 0 unspecified atom stereocenters. The molecule has 4 rings (SSSR count). The van der Waals surface area contributed by atoms with Gasteiger partial charge in [0.1, 0.15) is 0 Å². The van der Waals surface area contributed by atoms with Crippen molar-refractivity contribution >= 4 is 68.2 Å². The Bertz CT molecular complexity index is 1530. The molecule has 16 heteroatoms. The Balaban J connectivity index is 1.88. The van der Waals surface area contributed by atoms with Gasteiger partial charge < -0.3 is 50.4 Å². The summed E-state index contributed by atoms with van der Waals surface area (Å²) in [5.74, 6) is -1.30. The predicted molar refractivity (Wildman–Crippen MR) is 166 cm³/mol. The van der Waals surface area contributed by atoms with Crippen molar-refractivity contribution in [2.45, 2.75) is 0 Å². The van der Waals surface area contributed by atoms with Gasteiger partial charge in [-0.15, -0.1) is 11.3 Å². The fourth-order valence-corrected chi connectivity index (χ4v) is 5.61. The highest BCUT2D eigenvalue weighted by molar-refractivity contribution is 7.21. The van der Waals surface area contributed by atoms with E-state index in [-0.39, 0.29) is 96.9 Å². The van der Waals surface area contributed by atoms with Crippen LogP contribution in [0.4, 0.5) is 11.4 Å². The average Bonchev–Trinajstić information content (AvgIpc) is 3.39. The maximum absolute atomic E-state index is 14.0. The Morgan fingerprint density at radius 2 is 1.19 bits per heavy atom. The van der Waals surface area contributed by atoms with E-state index in [2.05, 4.69) is 30.9 Å². The number of ketones is 2. The van der Waals surface area contributed by atoms with Gasteiger partial charge >= 0.3 is 0 Å². The average molecular weight is 593 g/mol. The molecule has 0 aliphatic heterocycles. The topological polar surface area (TPSA) is 280 Å². The zero-order valence-corrected chi connectivity index (χ0v) is 23.4. The van der Waals surface area contributed by atoms with Gasteiger partial charge in [-0.05, 0) is 6.07 Å². The summed E-state index contributed by atoms with van der Waals surface area (Å²) in [6.45, 7) is 1.30. The Hall–Kier alpha value is -5.38. The molecule has 0 spiro atoms. The van der Waals surface area contributed by atoms with Crippen molar-refractivity contribution in [2.24, 2.45) is 49.4 Å². The largest absolute Gasteiger partial charge is 0.382 e. The highest BCUT2D eigenvalue weighted by Crippen LogP contribution is 2.46. The molecule has 1 aromatic heterocycles. The number of amides is 1. The molecule has 2 aromatic carbocycles. The number of nitrogens with zero attached hydrogens (tertiary/aromatic N) is 3. The molecule has 0 radical (unpaired) electrons. The molecule has 0 saturated heterocycles. The second-order valence-corrected chi connectivity index (χ2v) is 10.1. The van der Waals surface area contributed by atoms with Crippen molar-refractivity contribution < 1.29 is 14.4 Å². The molecule has 0 saturated carbocycles. The van der Waals surface area contributed by atoms with Gasteiger partial charge in [0.2, 0.25) is 0 Å². The number of hydrogen-bond donors (Lipinski definition) is 9. The third kappa shape index (κ3) is 6.33. The van der Waals surface area contributed by atoms with Crippen LogP contribution < -0.4 is 50.4 Å². The van der Waals surface area contributed by atoms with Crippen LogP contribution in [0.3, 0.4) is 0 Å². The Morgan fingerprint density at radius 1 is 0.714 bits per heavy atom. The van der Waals surface area contributed by atoms with Crippen LogP contribution in [-0.4, -0.2) is 74.6 Å². The van der Waals surface area contributed by atoms with Crippen LogP contribution in [0.25, 0.3) is 10.1 Å². The quantitative estimate of drug-likeness (QED) is 0.0418. The molecule has 15 N–H and O–H groups in total. The Morgan fingerprint density at radius 3 is 1.71 bits per heavy atom. The lowest BCUT2D eigenvalue weighted by atomic mass is 9.81. The highest BCUT2D eigenvalue weighted by Gasteiger charge is 2.36. The normalized spacial score (nSPS) is 11.7. The van der Waals surface area contributed by atoms with E-state index >= 15 is 0 Å². The maximum atomic E-state index is 14.0. The van der Waals surface area contributed by atoms with Crippen LogP contribution in [0.2, 0.25) is 0 Å². The van der Waals surface area contributed by atoms with Gasteiger partial charge in [-0.2, -0.15) is 0 Å². The molecule has 1 aliphatic carbocycles. The number of carbonyl (C=O) groups excluding carboxylic acids is 3. The second kappa shape index (κ2) is 12.9. The zero-order chi connectivity index (χ0) is 30.4. The maximum Gasteiger partial charge on any atom is 0.261 e. The van der Waals surface area contributed by atoms with E-state index in [4.69, 9.17) is 34.4 Å². The van der Waals surface area contributed by atoms with E-state index in [0.29, 0.717) is 26.3 Å². The van der Waals surface area contributed by atoms with Crippen molar-refractivity contribution in [3.63, 3.8) is 0 Å². The summed E-state index contributed by atoms with van der Waals surface area (Å²) in [7, 11) is 0. The monoisotopic (exact) mass is 592 g/mol. The molecule has 1 heterocycles. The number of anilines is 2. The number of guanidine groups is 3.